The lowest BCUT2D eigenvalue weighted by atomic mass is 10.2. The Morgan fingerprint density at radius 2 is 2.31 bits per heavy atom. The van der Waals surface area contributed by atoms with E-state index >= 15 is 0 Å². The molecule has 0 aliphatic heterocycles. The number of nitrogens with one attached hydrogen (secondary N) is 1. The van der Waals surface area contributed by atoms with Gasteiger partial charge in [-0.2, -0.15) is 0 Å². The molecule has 0 bridgehead atoms. The molecule has 0 unspecified atom stereocenters. The highest BCUT2D eigenvalue weighted by atomic mass is 16.5. The van der Waals surface area contributed by atoms with E-state index in [0.29, 0.717) is 11.8 Å². The third kappa shape index (κ3) is 2.51. The van der Waals surface area contributed by atoms with Gasteiger partial charge in [0.1, 0.15) is 11.4 Å². The smallest absolute Gasteiger partial charge is 0.269 e. The molecule has 0 saturated heterocycles. The van der Waals surface area contributed by atoms with Crippen LogP contribution in [-0.4, -0.2) is 24.0 Å². The van der Waals surface area contributed by atoms with E-state index in [1.807, 2.05) is 13.0 Å². The van der Waals surface area contributed by atoms with E-state index in [0.717, 1.165) is 30.7 Å². The summed E-state index contributed by atoms with van der Waals surface area (Å²) < 4.78 is 5.68. The standard InChI is InChI=1S/C12H16N2O2/c1-3-8-6-10(16-9-4-5-9)7-11(14-8)12(15)13-2/h6-7,9H,3-5H2,1-2H3,(H,13,15). The molecule has 1 heterocycles. The van der Waals surface area contributed by atoms with Crippen LogP contribution in [0, 0.1) is 0 Å². The molecule has 1 amide bonds. The first-order chi connectivity index (χ1) is 7.72. The van der Waals surface area contributed by atoms with Gasteiger partial charge in [0, 0.05) is 24.9 Å². The SMILES string of the molecule is CCc1cc(OC2CC2)cc(C(=O)NC)n1. The lowest BCUT2D eigenvalue weighted by molar-refractivity contribution is 0.0957. The highest BCUT2D eigenvalue weighted by molar-refractivity contribution is 5.92. The zero-order valence-corrected chi connectivity index (χ0v) is 9.62. The fourth-order valence-corrected chi connectivity index (χ4v) is 1.43. The molecule has 1 aromatic heterocycles. The summed E-state index contributed by atoms with van der Waals surface area (Å²) in [5.74, 6) is 0.587. The van der Waals surface area contributed by atoms with Crippen LogP contribution in [0.15, 0.2) is 12.1 Å². The fourth-order valence-electron chi connectivity index (χ4n) is 1.43. The Hall–Kier alpha value is -1.58. The number of nitrogens with zero attached hydrogens (tertiary/aromatic N) is 1. The first-order valence-electron chi connectivity index (χ1n) is 5.62. The molecule has 4 nitrogen and oxygen atoms in total. The number of rotatable bonds is 4. The molecule has 86 valence electrons. The van der Waals surface area contributed by atoms with Crippen LogP contribution in [0.4, 0.5) is 0 Å². The summed E-state index contributed by atoms with van der Waals surface area (Å²) >= 11 is 0. The van der Waals surface area contributed by atoms with Crippen LogP contribution in [-0.2, 0) is 6.42 Å². The fraction of sp³-hybridized carbons (Fsp3) is 0.500. The number of aromatic nitrogens is 1. The molecule has 1 aliphatic carbocycles. The maximum absolute atomic E-state index is 11.5. The summed E-state index contributed by atoms with van der Waals surface area (Å²) in [5.41, 5.74) is 1.31. The molecule has 1 aliphatic rings. The summed E-state index contributed by atoms with van der Waals surface area (Å²) in [4.78, 5) is 15.8. The van der Waals surface area contributed by atoms with Crippen molar-refractivity contribution in [3.05, 3.63) is 23.5 Å². The zero-order valence-electron chi connectivity index (χ0n) is 9.62. The van der Waals surface area contributed by atoms with Gasteiger partial charge in [-0.3, -0.25) is 4.79 Å². The lowest BCUT2D eigenvalue weighted by Crippen LogP contribution is -2.20. The third-order valence-electron chi connectivity index (χ3n) is 2.50. The summed E-state index contributed by atoms with van der Waals surface area (Å²) in [5, 5.41) is 2.57. The second kappa shape index (κ2) is 4.51. The highest BCUT2D eigenvalue weighted by Crippen LogP contribution is 2.27. The van der Waals surface area contributed by atoms with E-state index in [2.05, 4.69) is 10.3 Å². The average Bonchev–Trinajstić information content (AvgIpc) is 3.11. The summed E-state index contributed by atoms with van der Waals surface area (Å²) in [6, 6.07) is 3.61. The maximum Gasteiger partial charge on any atom is 0.269 e. The van der Waals surface area contributed by atoms with Gasteiger partial charge in [-0.05, 0) is 19.3 Å². The molecule has 1 fully saturated rings. The molecule has 16 heavy (non-hydrogen) atoms. The van der Waals surface area contributed by atoms with Crippen LogP contribution < -0.4 is 10.1 Å². The summed E-state index contributed by atoms with van der Waals surface area (Å²) in [6.45, 7) is 2.01. The topological polar surface area (TPSA) is 51.2 Å². The van der Waals surface area contributed by atoms with E-state index in [9.17, 15) is 4.79 Å². The van der Waals surface area contributed by atoms with Crippen molar-refractivity contribution in [3.63, 3.8) is 0 Å². The van der Waals surface area contributed by atoms with Crippen LogP contribution in [0.2, 0.25) is 0 Å². The number of hydrogen-bond acceptors (Lipinski definition) is 3. The van der Waals surface area contributed by atoms with Gasteiger partial charge in [-0.25, -0.2) is 4.98 Å². The number of ether oxygens (including phenoxy) is 1. The van der Waals surface area contributed by atoms with Crippen LogP contribution >= 0.6 is 0 Å². The van der Waals surface area contributed by atoms with Crippen molar-refractivity contribution in [1.29, 1.82) is 0 Å². The normalized spacial score (nSPS) is 14.6. The van der Waals surface area contributed by atoms with E-state index in [1.54, 1.807) is 13.1 Å². The summed E-state index contributed by atoms with van der Waals surface area (Å²) in [7, 11) is 1.60. The van der Waals surface area contributed by atoms with Crippen molar-refractivity contribution in [2.24, 2.45) is 0 Å². The Morgan fingerprint density at radius 3 is 2.88 bits per heavy atom. The minimum Gasteiger partial charge on any atom is -0.490 e. The molecule has 0 atom stereocenters. The Morgan fingerprint density at radius 1 is 1.56 bits per heavy atom. The van der Waals surface area contributed by atoms with Crippen LogP contribution in [0.5, 0.6) is 5.75 Å². The van der Waals surface area contributed by atoms with Gasteiger partial charge < -0.3 is 10.1 Å². The molecule has 0 radical (unpaired) electrons. The Bertz CT molecular complexity index is 400. The molecule has 2 rings (SSSR count). The second-order valence-electron chi connectivity index (χ2n) is 3.93. The van der Waals surface area contributed by atoms with E-state index < -0.39 is 0 Å². The largest absolute Gasteiger partial charge is 0.490 e. The molecule has 0 spiro atoms. The second-order valence-corrected chi connectivity index (χ2v) is 3.93. The quantitative estimate of drug-likeness (QED) is 0.837. The van der Waals surface area contributed by atoms with E-state index in [-0.39, 0.29) is 5.91 Å². The number of hydrogen-bond donors (Lipinski definition) is 1. The van der Waals surface area contributed by atoms with Gasteiger partial charge in [0.15, 0.2) is 0 Å². The molecular weight excluding hydrogens is 204 g/mol. The predicted molar refractivity (Wildman–Crippen MR) is 60.7 cm³/mol. The average molecular weight is 220 g/mol. The van der Waals surface area contributed by atoms with Crippen LogP contribution in [0.25, 0.3) is 0 Å². The van der Waals surface area contributed by atoms with Gasteiger partial charge in [0.25, 0.3) is 5.91 Å². The van der Waals surface area contributed by atoms with E-state index in [4.69, 9.17) is 4.74 Å². The van der Waals surface area contributed by atoms with E-state index in [1.165, 1.54) is 0 Å². The first kappa shape index (κ1) is 10.9. The first-order valence-corrected chi connectivity index (χ1v) is 5.62. The Kier molecular flexibility index (Phi) is 3.08. The van der Waals surface area contributed by atoms with Gasteiger partial charge in [-0.15, -0.1) is 0 Å². The van der Waals surface area contributed by atoms with Crippen molar-refractivity contribution < 1.29 is 9.53 Å². The number of amides is 1. The van der Waals surface area contributed by atoms with Gasteiger partial charge in [-0.1, -0.05) is 6.92 Å². The van der Waals surface area contributed by atoms with Gasteiger partial charge in [0.05, 0.1) is 6.10 Å². The van der Waals surface area contributed by atoms with Crippen molar-refractivity contribution in [1.82, 2.24) is 10.3 Å². The number of carbonyl (C=O) groups is 1. The lowest BCUT2D eigenvalue weighted by Gasteiger charge is -2.08. The minimum absolute atomic E-state index is 0.170. The third-order valence-corrected chi connectivity index (χ3v) is 2.50. The molecule has 1 N–H and O–H groups in total. The van der Waals surface area contributed by atoms with Crippen molar-refractivity contribution in [3.8, 4) is 5.75 Å². The number of aryl methyl sites for hydroxylation is 1. The van der Waals surface area contributed by atoms with Crippen LogP contribution in [0.3, 0.4) is 0 Å². The van der Waals surface area contributed by atoms with Crippen LogP contribution in [0.1, 0.15) is 35.9 Å². The van der Waals surface area contributed by atoms with Crippen molar-refractivity contribution >= 4 is 5.91 Å². The zero-order chi connectivity index (χ0) is 11.5. The number of pyridine rings is 1. The molecule has 1 saturated carbocycles. The molecular formula is C12H16N2O2. The molecule has 1 aromatic rings. The molecule has 0 aromatic carbocycles. The Labute approximate surface area is 95.0 Å². The monoisotopic (exact) mass is 220 g/mol. The van der Waals surface area contributed by atoms with Crippen molar-refractivity contribution in [2.45, 2.75) is 32.3 Å². The maximum atomic E-state index is 11.5. The predicted octanol–water partition coefficient (Wildman–Crippen LogP) is 1.54. The molecule has 4 heteroatoms. The minimum atomic E-state index is -0.170. The number of carbonyl (C=O) groups excluding carboxylic acids is 1. The Balaban J connectivity index is 2.25. The van der Waals surface area contributed by atoms with Crippen molar-refractivity contribution in [2.75, 3.05) is 7.05 Å². The summed E-state index contributed by atoms with van der Waals surface area (Å²) in [6.07, 6.45) is 3.36. The van der Waals surface area contributed by atoms with Gasteiger partial charge in [0.2, 0.25) is 0 Å². The van der Waals surface area contributed by atoms with Gasteiger partial charge >= 0.3 is 0 Å². The highest BCUT2D eigenvalue weighted by Gasteiger charge is 2.24.